The number of piperidine rings is 1. The molecule has 1 N–H and O–H groups in total. The Hall–Kier alpha value is -1.73. The van der Waals surface area contributed by atoms with Crippen LogP contribution in [0.25, 0.3) is 10.2 Å². The molecule has 1 aliphatic heterocycles. The van der Waals surface area contributed by atoms with Crippen LogP contribution < -0.4 is 10.9 Å². The van der Waals surface area contributed by atoms with E-state index in [-0.39, 0.29) is 18.0 Å². The lowest BCUT2D eigenvalue weighted by Gasteiger charge is -2.34. The van der Waals surface area contributed by atoms with Crippen molar-refractivity contribution in [2.45, 2.75) is 40.2 Å². The maximum absolute atomic E-state index is 12.4. The number of amides is 1. The molecular weight excluding hydrogens is 348 g/mol. The van der Waals surface area contributed by atoms with Crippen molar-refractivity contribution in [3.8, 4) is 0 Å². The predicted molar refractivity (Wildman–Crippen MR) is 106 cm³/mol. The average Bonchev–Trinajstić information content (AvgIpc) is 2.95. The van der Waals surface area contributed by atoms with Crippen LogP contribution in [0.5, 0.6) is 0 Å². The highest BCUT2D eigenvalue weighted by molar-refractivity contribution is 7.18. The predicted octanol–water partition coefficient (Wildman–Crippen LogP) is 2.25. The Kier molecular flexibility index (Phi) is 6.09. The second-order valence-corrected chi connectivity index (χ2v) is 8.90. The van der Waals surface area contributed by atoms with Gasteiger partial charge in [-0.3, -0.25) is 14.2 Å². The Balaban J connectivity index is 1.46. The van der Waals surface area contributed by atoms with E-state index in [0.717, 1.165) is 47.6 Å². The molecule has 1 saturated heterocycles. The monoisotopic (exact) mass is 376 g/mol. The zero-order chi connectivity index (χ0) is 18.7. The summed E-state index contributed by atoms with van der Waals surface area (Å²) in [5, 5.41) is 3.52. The van der Waals surface area contributed by atoms with Crippen LogP contribution in [0, 0.1) is 18.8 Å². The van der Waals surface area contributed by atoms with Crippen LogP contribution in [0.3, 0.4) is 0 Å². The summed E-state index contributed by atoms with van der Waals surface area (Å²) in [7, 11) is 0. The van der Waals surface area contributed by atoms with Crippen LogP contribution in [-0.2, 0) is 11.3 Å². The molecule has 2 aromatic rings. The summed E-state index contributed by atoms with van der Waals surface area (Å²) >= 11 is 1.49. The standard InChI is InChI=1S/C19H28N4O2S/c1-13-7-14(2)10-22(9-13)6-4-5-20-17(24)11-23-12-21-18-16(19(23)25)8-15(3)26-18/h8,12-14H,4-7,9-11H2,1-3H3,(H,20,24)/t13-,14+. The van der Waals surface area contributed by atoms with Crippen molar-refractivity contribution < 1.29 is 4.79 Å². The number of aryl methyl sites for hydroxylation is 1. The van der Waals surface area contributed by atoms with Gasteiger partial charge in [0.15, 0.2) is 0 Å². The SMILES string of the molecule is Cc1cc2c(=O)n(CC(=O)NCCCN3C[C@H](C)C[C@H](C)C3)cnc2s1. The molecule has 1 amide bonds. The van der Waals surface area contributed by atoms with Crippen molar-refractivity contribution >= 4 is 27.5 Å². The molecule has 6 nitrogen and oxygen atoms in total. The Bertz CT molecular complexity index is 819. The van der Waals surface area contributed by atoms with Gasteiger partial charge in [0.05, 0.1) is 11.7 Å². The number of fused-ring (bicyclic) bond motifs is 1. The maximum Gasteiger partial charge on any atom is 0.262 e. The summed E-state index contributed by atoms with van der Waals surface area (Å²) < 4.78 is 1.39. The van der Waals surface area contributed by atoms with E-state index in [2.05, 4.69) is 29.0 Å². The molecule has 7 heteroatoms. The normalized spacial score (nSPS) is 21.2. The third-order valence-electron chi connectivity index (χ3n) is 4.87. The van der Waals surface area contributed by atoms with Crippen LogP contribution in [0.2, 0.25) is 0 Å². The summed E-state index contributed by atoms with van der Waals surface area (Å²) in [6, 6.07) is 1.84. The van der Waals surface area contributed by atoms with Gasteiger partial charge in [-0.25, -0.2) is 4.98 Å². The summed E-state index contributed by atoms with van der Waals surface area (Å²) in [6.07, 6.45) is 3.71. The molecule has 1 fully saturated rings. The van der Waals surface area contributed by atoms with Gasteiger partial charge in [0, 0.05) is 24.5 Å². The number of nitrogens with zero attached hydrogens (tertiary/aromatic N) is 3. The van der Waals surface area contributed by atoms with Gasteiger partial charge >= 0.3 is 0 Å². The number of nitrogens with one attached hydrogen (secondary N) is 1. The molecule has 1 aliphatic rings. The van der Waals surface area contributed by atoms with Crippen molar-refractivity contribution in [2.75, 3.05) is 26.2 Å². The van der Waals surface area contributed by atoms with Gasteiger partial charge in [0.1, 0.15) is 11.4 Å². The number of carbonyl (C=O) groups excluding carboxylic acids is 1. The number of rotatable bonds is 6. The molecule has 3 heterocycles. The van der Waals surface area contributed by atoms with Gasteiger partial charge in [-0.2, -0.15) is 0 Å². The van der Waals surface area contributed by atoms with E-state index in [1.54, 1.807) is 0 Å². The van der Waals surface area contributed by atoms with E-state index >= 15 is 0 Å². The third kappa shape index (κ3) is 4.71. The molecule has 2 atom stereocenters. The molecule has 0 aromatic carbocycles. The molecule has 0 spiro atoms. The topological polar surface area (TPSA) is 67.2 Å². The first-order valence-corrected chi connectivity index (χ1v) is 10.2. The van der Waals surface area contributed by atoms with Gasteiger partial charge in [-0.05, 0) is 44.2 Å². The Morgan fingerprint density at radius 2 is 2.08 bits per heavy atom. The lowest BCUT2D eigenvalue weighted by atomic mass is 9.92. The van der Waals surface area contributed by atoms with Crippen LogP contribution >= 0.6 is 11.3 Å². The van der Waals surface area contributed by atoms with E-state index in [4.69, 9.17) is 0 Å². The number of hydrogen-bond acceptors (Lipinski definition) is 5. The third-order valence-corrected chi connectivity index (χ3v) is 5.83. The number of carbonyl (C=O) groups is 1. The zero-order valence-corrected chi connectivity index (χ0v) is 16.6. The molecule has 142 valence electrons. The van der Waals surface area contributed by atoms with E-state index in [1.807, 2.05) is 13.0 Å². The first-order chi connectivity index (χ1) is 12.4. The highest BCUT2D eigenvalue weighted by Crippen LogP contribution is 2.21. The van der Waals surface area contributed by atoms with Gasteiger partial charge in [0.25, 0.3) is 5.56 Å². The Morgan fingerprint density at radius 3 is 2.81 bits per heavy atom. The number of aromatic nitrogens is 2. The molecule has 0 unspecified atom stereocenters. The van der Waals surface area contributed by atoms with Crippen molar-refractivity contribution in [2.24, 2.45) is 11.8 Å². The first kappa shape index (κ1) is 19.0. The summed E-state index contributed by atoms with van der Waals surface area (Å²) in [5.41, 5.74) is -0.147. The minimum Gasteiger partial charge on any atom is -0.354 e. The quantitative estimate of drug-likeness (QED) is 0.785. The first-order valence-electron chi connectivity index (χ1n) is 9.37. The van der Waals surface area contributed by atoms with E-state index in [0.29, 0.717) is 11.9 Å². The summed E-state index contributed by atoms with van der Waals surface area (Å²) in [5.74, 6) is 1.37. The van der Waals surface area contributed by atoms with Crippen LogP contribution in [0.15, 0.2) is 17.2 Å². The average molecular weight is 377 g/mol. The molecule has 0 radical (unpaired) electrons. The van der Waals surface area contributed by atoms with Gasteiger partial charge in [-0.1, -0.05) is 13.8 Å². The molecule has 3 rings (SSSR count). The number of thiophene rings is 1. The fraction of sp³-hybridized carbons (Fsp3) is 0.632. The molecule has 2 aromatic heterocycles. The Morgan fingerprint density at radius 1 is 1.35 bits per heavy atom. The van der Waals surface area contributed by atoms with Crippen molar-refractivity contribution in [3.05, 3.63) is 27.6 Å². The molecule has 0 saturated carbocycles. The van der Waals surface area contributed by atoms with Gasteiger partial charge in [-0.15, -0.1) is 11.3 Å². The number of hydrogen-bond donors (Lipinski definition) is 1. The Labute approximate surface area is 158 Å². The fourth-order valence-corrected chi connectivity index (χ4v) is 4.75. The molecule has 0 bridgehead atoms. The van der Waals surface area contributed by atoms with Crippen molar-refractivity contribution in [1.82, 2.24) is 19.8 Å². The van der Waals surface area contributed by atoms with Crippen LogP contribution in [-0.4, -0.2) is 46.5 Å². The molecular formula is C19H28N4O2S. The number of likely N-dealkylation sites (tertiary alicyclic amines) is 1. The van der Waals surface area contributed by atoms with E-state index in [9.17, 15) is 9.59 Å². The fourth-order valence-electron chi connectivity index (χ4n) is 3.91. The van der Waals surface area contributed by atoms with E-state index < -0.39 is 0 Å². The van der Waals surface area contributed by atoms with Crippen molar-refractivity contribution in [1.29, 1.82) is 0 Å². The van der Waals surface area contributed by atoms with Crippen LogP contribution in [0.4, 0.5) is 0 Å². The minimum absolute atomic E-state index is 0.0223. The largest absolute Gasteiger partial charge is 0.354 e. The van der Waals surface area contributed by atoms with E-state index in [1.165, 1.54) is 28.7 Å². The molecule has 26 heavy (non-hydrogen) atoms. The summed E-state index contributed by atoms with van der Waals surface area (Å²) in [6.45, 7) is 10.5. The van der Waals surface area contributed by atoms with Gasteiger partial charge in [0.2, 0.25) is 5.91 Å². The lowest BCUT2D eigenvalue weighted by molar-refractivity contribution is -0.121. The maximum atomic E-state index is 12.4. The smallest absolute Gasteiger partial charge is 0.262 e. The minimum atomic E-state index is -0.147. The van der Waals surface area contributed by atoms with Crippen molar-refractivity contribution in [3.63, 3.8) is 0 Å². The molecule has 0 aliphatic carbocycles. The highest BCUT2D eigenvalue weighted by Gasteiger charge is 2.21. The lowest BCUT2D eigenvalue weighted by Crippen LogP contribution is -2.40. The van der Waals surface area contributed by atoms with Crippen LogP contribution in [0.1, 0.15) is 31.6 Å². The second-order valence-electron chi connectivity index (χ2n) is 7.66. The zero-order valence-electron chi connectivity index (χ0n) is 15.8. The van der Waals surface area contributed by atoms with Gasteiger partial charge < -0.3 is 10.2 Å². The highest BCUT2D eigenvalue weighted by atomic mass is 32.1. The summed E-state index contributed by atoms with van der Waals surface area (Å²) in [4.78, 5) is 33.1. The second kappa shape index (κ2) is 8.31.